The number of unbranched alkanes of at least 4 members (excludes halogenated alkanes) is 1. The zero-order chi connectivity index (χ0) is 19.4. The Labute approximate surface area is 162 Å². The fourth-order valence-corrected chi connectivity index (χ4v) is 5.09. The first-order chi connectivity index (χ1) is 12.2. The molecular formula is C19H30ClNO4S. The van der Waals surface area contributed by atoms with Crippen LogP contribution in [-0.2, 0) is 10.0 Å². The predicted molar refractivity (Wildman–Crippen MR) is 105 cm³/mol. The molecule has 0 fully saturated rings. The van der Waals surface area contributed by atoms with E-state index in [4.69, 9.17) is 21.1 Å². The second-order valence-corrected chi connectivity index (χ2v) is 10.3. The monoisotopic (exact) mass is 403 g/mol. The summed E-state index contributed by atoms with van der Waals surface area (Å²) in [6, 6.07) is 4.82. The third-order valence-electron chi connectivity index (χ3n) is 4.39. The molecule has 0 aliphatic carbocycles. The van der Waals surface area contributed by atoms with E-state index >= 15 is 0 Å². The zero-order valence-corrected chi connectivity index (χ0v) is 17.7. The fourth-order valence-electron chi connectivity index (χ4n) is 3.10. The molecule has 1 aliphatic heterocycles. The van der Waals surface area contributed by atoms with Crippen molar-refractivity contribution in [1.82, 2.24) is 4.31 Å². The second kappa shape index (κ2) is 8.81. The summed E-state index contributed by atoms with van der Waals surface area (Å²) in [7, 11) is -3.61. The van der Waals surface area contributed by atoms with Crippen LogP contribution in [0, 0.1) is 11.3 Å². The smallest absolute Gasteiger partial charge is 0.243 e. The SMILES string of the molecule is CC(C)CN(CC(C)(C)CCCCCl)S(=O)(=O)c1ccc2c(c1)OCO2. The molecule has 0 spiro atoms. The Morgan fingerprint density at radius 3 is 2.54 bits per heavy atom. The van der Waals surface area contributed by atoms with Crippen LogP contribution < -0.4 is 9.47 Å². The minimum atomic E-state index is -3.61. The second-order valence-electron chi connectivity index (χ2n) is 8.02. The number of sulfonamides is 1. The summed E-state index contributed by atoms with van der Waals surface area (Å²) in [6.07, 6.45) is 2.88. The van der Waals surface area contributed by atoms with Gasteiger partial charge in [0.25, 0.3) is 0 Å². The number of rotatable bonds is 10. The number of alkyl halides is 1. The highest BCUT2D eigenvalue weighted by atomic mass is 35.5. The van der Waals surface area contributed by atoms with E-state index in [0.717, 1.165) is 19.3 Å². The molecule has 0 saturated heterocycles. The van der Waals surface area contributed by atoms with Gasteiger partial charge in [-0.3, -0.25) is 0 Å². The van der Waals surface area contributed by atoms with Gasteiger partial charge in [0.1, 0.15) is 0 Å². The van der Waals surface area contributed by atoms with Crippen LogP contribution in [-0.4, -0.2) is 38.5 Å². The molecule has 0 bridgehead atoms. The highest BCUT2D eigenvalue weighted by molar-refractivity contribution is 7.89. The van der Waals surface area contributed by atoms with Crippen LogP contribution >= 0.6 is 11.6 Å². The number of ether oxygens (including phenoxy) is 2. The van der Waals surface area contributed by atoms with Crippen LogP contribution in [0.4, 0.5) is 0 Å². The van der Waals surface area contributed by atoms with Gasteiger partial charge < -0.3 is 9.47 Å². The quantitative estimate of drug-likeness (QED) is 0.426. The predicted octanol–water partition coefficient (Wildman–Crippen LogP) is 4.50. The molecule has 148 valence electrons. The van der Waals surface area contributed by atoms with Gasteiger partial charge in [-0.15, -0.1) is 11.6 Å². The number of hydrogen-bond acceptors (Lipinski definition) is 4. The lowest BCUT2D eigenvalue weighted by atomic mass is 9.87. The molecule has 2 rings (SSSR count). The van der Waals surface area contributed by atoms with Crippen LogP contribution in [0.5, 0.6) is 11.5 Å². The summed E-state index contributed by atoms with van der Waals surface area (Å²) < 4.78 is 38.8. The fraction of sp³-hybridized carbons (Fsp3) is 0.684. The van der Waals surface area contributed by atoms with Crippen molar-refractivity contribution in [3.63, 3.8) is 0 Å². The van der Waals surface area contributed by atoms with Crippen molar-refractivity contribution in [3.8, 4) is 11.5 Å². The van der Waals surface area contributed by atoms with Crippen LogP contribution in [0.2, 0.25) is 0 Å². The van der Waals surface area contributed by atoms with Gasteiger partial charge in [-0.25, -0.2) is 8.42 Å². The van der Waals surface area contributed by atoms with E-state index in [0.29, 0.717) is 30.5 Å². The van der Waals surface area contributed by atoms with Crippen molar-refractivity contribution in [2.75, 3.05) is 25.8 Å². The minimum absolute atomic E-state index is 0.121. The molecule has 0 N–H and O–H groups in total. The summed E-state index contributed by atoms with van der Waals surface area (Å²) in [6.45, 7) is 9.38. The molecule has 7 heteroatoms. The standard InChI is InChI=1S/C19H30ClNO4S/c1-15(2)12-21(13-19(3,4)9-5-6-10-20)26(22,23)16-7-8-17-18(11-16)25-14-24-17/h7-8,11,15H,5-6,9-10,12-14H2,1-4H3. The van der Waals surface area contributed by atoms with Gasteiger partial charge >= 0.3 is 0 Å². The average Bonchev–Trinajstić information content (AvgIpc) is 3.01. The van der Waals surface area contributed by atoms with Crippen molar-refractivity contribution < 1.29 is 17.9 Å². The molecule has 0 unspecified atom stereocenters. The lowest BCUT2D eigenvalue weighted by Crippen LogP contribution is -2.41. The van der Waals surface area contributed by atoms with Crippen molar-refractivity contribution >= 4 is 21.6 Å². The Kier molecular flexibility index (Phi) is 7.22. The minimum Gasteiger partial charge on any atom is -0.454 e. The van der Waals surface area contributed by atoms with Crippen LogP contribution in [0.15, 0.2) is 23.1 Å². The normalized spacial score (nSPS) is 14.4. The van der Waals surface area contributed by atoms with Gasteiger partial charge in [-0.2, -0.15) is 4.31 Å². The number of fused-ring (bicyclic) bond motifs is 1. The molecule has 1 aromatic carbocycles. The first kappa shape index (κ1) is 21.3. The Morgan fingerprint density at radius 1 is 1.19 bits per heavy atom. The van der Waals surface area contributed by atoms with Crippen LogP contribution in [0.3, 0.4) is 0 Å². The van der Waals surface area contributed by atoms with Crippen LogP contribution in [0.1, 0.15) is 47.0 Å². The number of hydrogen-bond donors (Lipinski definition) is 0. The van der Waals surface area contributed by atoms with E-state index in [2.05, 4.69) is 13.8 Å². The van der Waals surface area contributed by atoms with E-state index in [1.54, 1.807) is 22.5 Å². The van der Waals surface area contributed by atoms with Crippen molar-refractivity contribution in [2.45, 2.75) is 51.9 Å². The Balaban J connectivity index is 2.24. The topological polar surface area (TPSA) is 55.8 Å². The maximum Gasteiger partial charge on any atom is 0.243 e. The van der Waals surface area contributed by atoms with E-state index in [1.807, 2.05) is 13.8 Å². The zero-order valence-electron chi connectivity index (χ0n) is 16.1. The highest BCUT2D eigenvalue weighted by Gasteiger charge is 2.32. The maximum absolute atomic E-state index is 13.3. The van der Waals surface area contributed by atoms with Crippen LogP contribution in [0.25, 0.3) is 0 Å². The Morgan fingerprint density at radius 2 is 1.88 bits per heavy atom. The van der Waals surface area contributed by atoms with Gasteiger partial charge in [0, 0.05) is 25.0 Å². The average molecular weight is 404 g/mol. The lowest BCUT2D eigenvalue weighted by Gasteiger charge is -2.33. The first-order valence-electron chi connectivity index (χ1n) is 9.11. The number of nitrogens with zero attached hydrogens (tertiary/aromatic N) is 1. The molecule has 1 aromatic rings. The molecule has 26 heavy (non-hydrogen) atoms. The van der Waals surface area contributed by atoms with E-state index in [1.165, 1.54) is 0 Å². The summed E-state index contributed by atoms with van der Waals surface area (Å²) in [4.78, 5) is 0.249. The summed E-state index contributed by atoms with van der Waals surface area (Å²) in [5, 5.41) is 0. The first-order valence-corrected chi connectivity index (χ1v) is 11.1. The number of benzene rings is 1. The van der Waals surface area contributed by atoms with Gasteiger partial charge in [0.05, 0.1) is 4.90 Å². The van der Waals surface area contributed by atoms with Gasteiger partial charge in [0.15, 0.2) is 11.5 Å². The molecule has 0 atom stereocenters. The Hall–Kier alpha value is -0.980. The maximum atomic E-state index is 13.3. The van der Waals surface area contributed by atoms with Crippen molar-refractivity contribution in [1.29, 1.82) is 0 Å². The van der Waals surface area contributed by atoms with Gasteiger partial charge in [-0.1, -0.05) is 34.1 Å². The molecule has 5 nitrogen and oxygen atoms in total. The molecule has 1 heterocycles. The molecule has 0 radical (unpaired) electrons. The van der Waals surface area contributed by atoms with Gasteiger partial charge in [-0.05, 0) is 36.3 Å². The van der Waals surface area contributed by atoms with E-state index in [-0.39, 0.29) is 23.0 Å². The van der Waals surface area contributed by atoms with E-state index in [9.17, 15) is 8.42 Å². The largest absolute Gasteiger partial charge is 0.454 e. The third kappa shape index (κ3) is 5.51. The molecular weight excluding hydrogens is 374 g/mol. The molecule has 0 saturated carbocycles. The Bertz CT molecular complexity index is 703. The summed E-state index contributed by atoms with van der Waals surface area (Å²) in [5.41, 5.74) is -0.121. The van der Waals surface area contributed by atoms with Crippen molar-refractivity contribution in [2.24, 2.45) is 11.3 Å². The molecule has 0 amide bonds. The summed E-state index contributed by atoms with van der Waals surface area (Å²) >= 11 is 5.78. The molecule has 1 aliphatic rings. The lowest BCUT2D eigenvalue weighted by molar-refractivity contribution is 0.174. The van der Waals surface area contributed by atoms with Gasteiger partial charge in [0.2, 0.25) is 16.8 Å². The van der Waals surface area contributed by atoms with Crippen molar-refractivity contribution in [3.05, 3.63) is 18.2 Å². The third-order valence-corrected chi connectivity index (χ3v) is 6.47. The van der Waals surface area contributed by atoms with E-state index < -0.39 is 10.0 Å². The summed E-state index contributed by atoms with van der Waals surface area (Å²) in [5.74, 6) is 1.94. The molecule has 0 aromatic heterocycles. The number of halogens is 1. The highest BCUT2D eigenvalue weighted by Crippen LogP contribution is 2.35.